The Morgan fingerprint density at radius 2 is 0.584 bits per heavy atom. The van der Waals surface area contributed by atoms with Gasteiger partial charge >= 0.3 is 0 Å². The highest BCUT2D eigenvalue weighted by molar-refractivity contribution is 5.77. The van der Waals surface area contributed by atoms with E-state index in [0.717, 1.165) is 136 Å². The van der Waals surface area contributed by atoms with Crippen LogP contribution in [0.15, 0.2) is 273 Å². The molecule has 0 aromatic heterocycles. The fourth-order valence-electron chi connectivity index (χ4n) is 9.99. The molecule has 0 spiro atoms. The van der Waals surface area contributed by atoms with E-state index in [-0.39, 0.29) is 0 Å². The zero-order chi connectivity index (χ0) is 70.9. The Morgan fingerprint density at radius 3 is 0.891 bits per heavy atom. The highest BCUT2D eigenvalue weighted by Gasteiger charge is 2.15. The van der Waals surface area contributed by atoms with Gasteiger partial charge in [-0.25, -0.2) is 0 Å². The number of para-hydroxylation sites is 1. The van der Waals surface area contributed by atoms with Crippen LogP contribution in [0.4, 0.5) is 0 Å². The molecular weight excluding hydrogens is 1240 g/mol. The molecule has 7 nitrogen and oxygen atoms in total. The van der Waals surface area contributed by atoms with Crippen LogP contribution in [0.3, 0.4) is 0 Å². The van der Waals surface area contributed by atoms with Crippen LogP contribution >= 0.6 is 0 Å². The summed E-state index contributed by atoms with van der Waals surface area (Å²) in [7, 11) is 0. The van der Waals surface area contributed by atoms with E-state index < -0.39 is 0 Å². The molecule has 11 aromatic carbocycles. The molecule has 7 heteroatoms. The van der Waals surface area contributed by atoms with E-state index in [1.807, 2.05) is 164 Å². The van der Waals surface area contributed by atoms with Gasteiger partial charge in [-0.1, -0.05) is 220 Å². The number of carbonyl (C=O) groups excluding carboxylic acids is 5. The molecule has 101 heavy (non-hydrogen) atoms. The van der Waals surface area contributed by atoms with Crippen LogP contribution < -0.4 is 9.47 Å². The van der Waals surface area contributed by atoms with E-state index in [2.05, 4.69) is 129 Å². The topological polar surface area (TPSA) is 104 Å². The van der Waals surface area contributed by atoms with Gasteiger partial charge in [0.05, 0.1) is 6.61 Å². The van der Waals surface area contributed by atoms with Crippen molar-refractivity contribution in [3.63, 3.8) is 0 Å². The summed E-state index contributed by atoms with van der Waals surface area (Å²) in [5, 5.41) is 0. The lowest BCUT2D eigenvalue weighted by Crippen LogP contribution is -2.04. The first-order valence-corrected chi connectivity index (χ1v) is 33.8. The quantitative estimate of drug-likeness (QED) is 0.0836. The van der Waals surface area contributed by atoms with Crippen LogP contribution in [-0.2, 0) is 6.42 Å². The van der Waals surface area contributed by atoms with Gasteiger partial charge in [-0.2, -0.15) is 0 Å². The van der Waals surface area contributed by atoms with Crippen molar-refractivity contribution in [1.82, 2.24) is 0 Å². The fourth-order valence-corrected chi connectivity index (χ4v) is 9.99. The molecule has 0 atom stereocenters. The number of benzene rings is 11. The van der Waals surface area contributed by atoms with Crippen LogP contribution in [0.25, 0.3) is 0 Å². The monoisotopic (exact) mass is 1320 g/mol. The van der Waals surface area contributed by atoms with Gasteiger partial charge in [-0.05, 0) is 207 Å². The number of hydrogen-bond acceptors (Lipinski definition) is 7. The lowest BCUT2D eigenvalue weighted by atomic mass is 9.84. The molecule has 1 aliphatic rings. The van der Waals surface area contributed by atoms with Crippen LogP contribution in [0, 0.1) is 66.1 Å². The van der Waals surface area contributed by atoms with E-state index in [0.29, 0.717) is 27.8 Å². The first-order valence-electron chi connectivity index (χ1n) is 33.8. The van der Waals surface area contributed by atoms with Crippen LogP contribution in [0.5, 0.6) is 17.2 Å². The highest BCUT2D eigenvalue weighted by Crippen LogP contribution is 2.32. The molecule has 11 aromatic rings. The summed E-state index contributed by atoms with van der Waals surface area (Å²) < 4.78 is 11.3. The van der Waals surface area contributed by atoms with E-state index >= 15 is 0 Å². The number of ether oxygens (including phenoxy) is 2. The standard InChI is InChI=1S/C21H14O2.C21H20O.C18H16O2.C18H16O.C16H12O/c22-16-19-10-8-17(9-11-19)6-7-18-12-14-21(15-13-18)23-20-4-2-1-3-5-20;22-16-19-10-8-17(9-11-19)6-7-18-12-14-21(15-13-18)20-4-2-1-3-5-20;1-2-13-20-18-11-9-16(10-12-18)4-3-15-5-7-17(14-19)8-6-15;1-2-3-15-4-6-16(7-5-15)8-9-17-10-12-18(14-19)13-11-17;1-13-2-4-14(5-3-13)6-7-15-8-10-16(12-17)11-9-15/h1-5,8-16H;8-16,20H,1-5H2;5-12,14H,2,13H2,1H3;4-7,10-14H,2-3H2,1H3;2-5,8-12H,1H3. The van der Waals surface area contributed by atoms with Crippen molar-refractivity contribution in [2.24, 2.45) is 0 Å². The van der Waals surface area contributed by atoms with Crippen molar-refractivity contribution >= 4 is 31.4 Å². The first-order chi connectivity index (χ1) is 49.6. The highest BCUT2D eigenvalue weighted by atomic mass is 16.5. The molecule has 0 heterocycles. The number of rotatable bonds is 13. The lowest BCUT2D eigenvalue weighted by Gasteiger charge is -2.21. The predicted octanol–water partition coefficient (Wildman–Crippen LogP) is 20.4. The third kappa shape index (κ3) is 27.0. The van der Waals surface area contributed by atoms with Crippen LogP contribution in [0.1, 0.15) is 189 Å². The Kier molecular flexibility index (Phi) is 30.7. The minimum absolute atomic E-state index is 0.651. The van der Waals surface area contributed by atoms with E-state index in [1.165, 1.54) is 48.8 Å². The molecule has 0 unspecified atom stereocenters. The first kappa shape index (κ1) is 74.0. The predicted molar refractivity (Wildman–Crippen MR) is 408 cm³/mol. The zero-order valence-corrected chi connectivity index (χ0v) is 57.2. The maximum Gasteiger partial charge on any atom is 0.150 e. The van der Waals surface area contributed by atoms with Gasteiger partial charge in [0.25, 0.3) is 0 Å². The van der Waals surface area contributed by atoms with Gasteiger partial charge in [0.1, 0.15) is 48.7 Å². The van der Waals surface area contributed by atoms with E-state index in [1.54, 1.807) is 60.7 Å². The Morgan fingerprint density at radius 1 is 0.307 bits per heavy atom. The summed E-state index contributed by atoms with van der Waals surface area (Å²) in [6.45, 7) is 7.04. The minimum atomic E-state index is 0.651. The second-order valence-electron chi connectivity index (χ2n) is 23.5. The Bertz CT molecular complexity index is 4720. The molecule has 12 rings (SSSR count). The van der Waals surface area contributed by atoms with Gasteiger partial charge in [-0.3, -0.25) is 24.0 Å². The Balaban J connectivity index is 0.000000161. The molecule has 0 amide bonds. The Hall–Kier alpha value is -12.8. The third-order valence-corrected chi connectivity index (χ3v) is 15.7. The SMILES string of the molecule is CCCOc1ccc(C#Cc2ccc(C=O)cc2)cc1.CCCc1ccc(C#Cc2ccc(C=O)cc2)cc1.Cc1ccc(C#Cc2ccc(C=O)cc2)cc1.O=Cc1ccc(C#Cc2ccc(C3CCCCC3)cc2)cc1.O=Cc1ccc(C#Cc2ccc(Oc3ccccc3)cc2)cc1. The van der Waals surface area contributed by atoms with Gasteiger partial charge in [0, 0.05) is 83.5 Å². The van der Waals surface area contributed by atoms with Crippen molar-refractivity contribution in [1.29, 1.82) is 0 Å². The summed E-state index contributed by atoms with van der Waals surface area (Å²) >= 11 is 0. The van der Waals surface area contributed by atoms with Gasteiger partial charge in [0.15, 0.2) is 0 Å². The second-order valence-corrected chi connectivity index (χ2v) is 23.5. The largest absolute Gasteiger partial charge is 0.494 e. The zero-order valence-electron chi connectivity index (χ0n) is 57.2. The smallest absolute Gasteiger partial charge is 0.150 e. The lowest BCUT2D eigenvalue weighted by molar-refractivity contribution is 0.111. The average Bonchev–Trinajstić information content (AvgIpc) is 0.933. The van der Waals surface area contributed by atoms with Gasteiger partial charge in [0.2, 0.25) is 0 Å². The fraction of sp³-hybridized carbons (Fsp3) is 0.138. The molecule has 0 aliphatic heterocycles. The number of carbonyl (C=O) groups is 5. The molecule has 1 saturated carbocycles. The van der Waals surface area contributed by atoms with E-state index in [4.69, 9.17) is 9.47 Å². The van der Waals surface area contributed by atoms with E-state index in [9.17, 15) is 24.0 Å². The summed E-state index contributed by atoms with van der Waals surface area (Å²) in [5.41, 5.74) is 16.8. The molecule has 0 bridgehead atoms. The molecule has 0 radical (unpaired) electrons. The van der Waals surface area contributed by atoms with Crippen molar-refractivity contribution in [2.45, 2.75) is 78.1 Å². The summed E-state index contributed by atoms with van der Waals surface area (Å²) in [4.78, 5) is 52.8. The van der Waals surface area contributed by atoms with Crippen LogP contribution in [-0.4, -0.2) is 38.0 Å². The second kappa shape index (κ2) is 42.0. The summed E-state index contributed by atoms with van der Waals surface area (Å²) in [6, 6.07) is 86.5. The Labute approximate surface area is 595 Å². The average molecular weight is 1320 g/mol. The number of hydrogen-bond donors (Lipinski definition) is 0. The summed E-state index contributed by atoms with van der Waals surface area (Å²) in [6.07, 6.45) is 14.2. The van der Waals surface area contributed by atoms with Crippen molar-refractivity contribution in [3.05, 3.63) is 373 Å². The van der Waals surface area contributed by atoms with Crippen LogP contribution in [0.2, 0.25) is 0 Å². The molecule has 0 saturated heterocycles. The normalized spacial score (nSPS) is 10.6. The maximum absolute atomic E-state index is 10.6. The van der Waals surface area contributed by atoms with Crippen molar-refractivity contribution < 1.29 is 33.4 Å². The maximum atomic E-state index is 10.6. The van der Waals surface area contributed by atoms with Gasteiger partial charge in [-0.15, -0.1) is 0 Å². The van der Waals surface area contributed by atoms with Gasteiger partial charge < -0.3 is 9.47 Å². The molecule has 1 fully saturated rings. The number of aryl methyl sites for hydroxylation is 2. The summed E-state index contributed by atoms with van der Waals surface area (Å²) in [5.74, 6) is 34.2. The minimum Gasteiger partial charge on any atom is -0.494 e. The molecule has 1 aliphatic carbocycles. The molecule has 496 valence electrons. The molecular formula is C94H78O7. The third-order valence-electron chi connectivity index (χ3n) is 15.7. The van der Waals surface area contributed by atoms with Crippen molar-refractivity contribution in [2.75, 3.05) is 6.61 Å². The molecule has 0 N–H and O–H groups in total. The van der Waals surface area contributed by atoms with Crippen molar-refractivity contribution in [3.8, 4) is 76.5 Å². The number of aldehydes is 5.